The number of imide groups is 1. The maximum atomic E-state index is 13.4. The predicted molar refractivity (Wildman–Crippen MR) is 123 cm³/mol. The zero-order valence-electron chi connectivity index (χ0n) is 18.3. The van der Waals surface area contributed by atoms with Crippen molar-refractivity contribution in [1.29, 1.82) is 0 Å². The van der Waals surface area contributed by atoms with Crippen LogP contribution in [0, 0.1) is 0 Å². The van der Waals surface area contributed by atoms with Crippen molar-refractivity contribution in [2.24, 2.45) is 0 Å². The van der Waals surface area contributed by atoms with E-state index in [0.29, 0.717) is 18.0 Å². The quantitative estimate of drug-likeness (QED) is 0.646. The van der Waals surface area contributed by atoms with Gasteiger partial charge in [0.25, 0.3) is 5.91 Å². The molecule has 168 valence electrons. The Morgan fingerprint density at radius 2 is 1.69 bits per heavy atom. The molecule has 2 aromatic rings. The maximum absolute atomic E-state index is 13.4. The average Bonchev–Trinajstić information content (AvgIpc) is 3.05. The molecule has 4 rings (SSSR count). The van der Waals surface area contributed by atoms with Crippen LogP contribution < -0.4 is 15.0 Å². The molecule has 1 saturated heterocycles. The Morgan fingerprint density at radius 3 is 2.34 bits per heavy atom. The standard InChI is InChI=1S/C25H29N3O4/c1-2-32-21-15-13-18(14-16-21)26-23(29)17-22-24(30)28(20-11-7-4-8-12-20)25(31)27(22)19-9-5-3-6-10-19/h4,7-8,11-16,19,22H,2-3,5-6,9-10,17H2,1H3,(H,26,29)/t22-/m1/s1. The summed E-state index contributed by atoms with van der Waals surface area (Å²) in [6, 6.07) is 14.9. The summed E-state index contributed by atoms with van der Waals surface area (Å²) in [6.07, 6.45) is 4.84. The van der Waals surface area contributed by atoms with E-state index in [1.165, 1.54) is 4.90 Å². The van der Waals surface area contributed by atoms with Crippen molar-refractivity contribution in [1.82, 2.24) is 4.90 Å². The lowest BCUT2D eigenvalue weighted by Gasteiger charge is -2.33. The zero-order chi connectivity index (χ0) is 22.5. The lowest BCUT2D eigenvalue weighted by atomic mass is 9.93. The molecule has 7 nitrogen and oxygen atoms in total. The van der Waals surface area contributed by atoms with Gasteiger partial charge in [-0.25, -0.2) is 9.69 Å². The number of carbonyl (C=O) groups is 3. The van der Waals surface area contributed by atoms with Gasteiger partial charge >= 0.3 is 6.03 Å². The predicted octanol–water partition coefficient (Wildman–Crippen LogP) is 4.58. The molecule has 0 unspecified atom stereocenters. The molecule has 1 N–H and O–H groups in total. The minimum Gasteiger partial charge on any atom is -0.494 e. The first-order valence-corrected chi connectivity index (χ1v) is 11.3. The van der Waals surface area contributed by atoms with Gasteiger partial charge < -0.3 is 15.0 Å². The van der Waals surface area contributed by atoms with Gasteiger partial charge in [-0.3, -0.25) is 9.59 Å². The van der Waals surface area contributed by atoms with Crippen LogP contribution in [0.3, 0.4) is 0 Å². The van der Waals surface area contributed by atoms with Crippen LogP contribution >= 0.6 is 0 Å². The third kappa shape index (κ3) is 4.61. The van der Waals surface area contributed by atoms with E-state index < -0.39 is 6.04 Å². The lowest BCUT2D eigenvalue weighted by Crippen LogP contribution is -2.45. The third-order valence-corrected chi connectivity index (χ3v) is 6.06. The summed E-state index contributed by atoms with van der Waals surface area (Å²) in [7, 11) is 0. The van der Waals surface area contributed by atoms with E-state index in [1.54, 1.807) is 53.4 Å². The molecule has 1 saturated carbocycles. The fourth-order valence-corrected chi connectivity index (χ4v) is 4.57. The number of para-hydroxylation sites is 1. The minimum absolute atomic E-state index is 0.0165. The van der Waals surface area contributed by atoms with Crippen LogP contribution in [0.25, 0.3) is 0 Å². The number of hydrogen-bond acceptors (Lipinski definition) is 4. The third-order valence-electron chi connectivity index (χ3n) is 6.06. The molecule has 0 aromatic heterocycles. The Morgan fingerprint density at radius 1 is 1.00 bits per heavy atom. The first-order chi connectivity index (χ1) is 15.6. The number of ether oxygens (including phenoxy) is 1. The van der Waals surface area contributed by atoms with Crippen LogP contribution in [0.2, 0.25) is 0 Å². The molecule has 4 amide bonds. The number of rotatable bonds is 7. The number of hydrogen-bond donors (Lipinski definition) is 1. The second kappa shape index (κ2) is 9.85. The van der Waals surface area contributed by atoms with Crippen LogP contribution in [0.1, 0.15) is 45.4 Å². The molecule has 0 bridgehead atoms. The topological polar surface area (TPSA) is 79.0 Å². The van der Waals surface area contributed by atoms with Gasteiger partial charge in [0.2, 0.25) is 5.91 Å². The van der Waals surface area contributed by atoms with E-state index >= 15 is 0 Å². The smallest absolute Gasteiger partial charge is 0.332 e. The first-order valence-electron chi connectivity index (χ1n) is 11.3. The highest BCUT2D eigenvalue weighted by molar-refractivity contribution is 6.22. The number of amides is 4. The van der Waals surface area contributed by atoms with Gasteiger partial charge in [0.1, 0.15) is 11.8 Å². The Kier molecular flexibility index (Phi) is 6.73. The van der Waals surface area contributed by atoms with E-state index in [2.05, 4.69) is 5.32 Å². The fraction of sp³-hybridized carbons (Fsp3) is 0.400. The minimum atomic E-state index is -0.798. The van der Waals surface area contributed by atoms with Gasteiger partial charge in [0, 0.05) is 11.7 Å². The first kappa shape index (κ1) is 21.9. The van der Waals surface area contributed by atoms with Crippen molar-refractivity contribution in [3.63, 3.8) is 0 Å². The normalized spacial score (nSPS) is 19.3. The van der Waals surface area contributed by atoms with Crippen LogP contribution in [-0.2, 0) is 9.59 Å². The molecule has 7 heteroatoms. The number of nitrogens with zero attached hydrogens (tertiary/aromatic N) is 2. The Bertz CT molecular complexity index is 955. The summed E-state index contributed by atoms with van der Waals surface area (Å²) in [4.78, 5) is 42.4. The van der Waals surface area contributed by atoms with Gasteiger partial charge in [-0.15, -0.1) is 0 Å². The van der Waals surface area contributed by atoms with E-state index in [1.807, 2.05) is 13.0 Å². The Hall–Kier alpha value is -3.35. The van der Waals surface area contributed by atoms with Gasteiger partial charge in [-0.05, 0) is 56.2 Å². The monoisotopic (exact) mass is 435 g/mol. The molecule has 32 heavy (non-hydrogen) atoms. The SMILES string of the molecule is CCOc1ccc(NC(=O)C[C@@H]2C(=O)N(c3ccccc3)C(=O)N2C2CCCCC2)cc1. The number of benzene rings is 2. The molecule has 1 aliphatic carbocycles. The van der Waals surface area contributed by atoms with Gasteiger partial charge in [-0.1, -0.05) is 37.5 Å². The van der Waals surface area contributed by atoms with Crippen LogP contribution in [0.5, 0.6) is 5.75 Å². The molecule has 1 atom stereocenters. The van der Waals surface area contributed by atoms with Crippen molar-refractivity contribution in [2.45, 2.75) is 57.5 Å². The van der Waals surface area contributed by atoms with E-state index in [9.17, 15) is 14.4 Å². The van der Waals surface area contributed by atoms with E-state index in [4.69, 9.17) is 4.74 Å². The molecule has 0 spiro atoms. The van der Waals surface area contributed by atoms with Crippen LogP contribution in [0.4, 0.5) is 16.2 Å². The second-order valence-corrected chi connectivity index (χ2v) is 8.22. The lowest BCUT2D eigenvalue weighted by molar-refractivity contribution is -0.125. The zero-order valence-corrected chi connectivity index (χ0v) is 18.3. The van der Waals surface area contributed by atoms with Gasteiger partial charge in [0.15, 0.2) is 0 Å². The summed E-state index contributed by atoms with van der Waals surface area (Å²) in [6.45, 7) is 2.48. The summed E-state index contributed by atoms with van der Waals surface area (Å²) in [5.41, 5.74) is 1.16. The van der Waals surface area contributed by atoms with E-state index in [-0.39, 0.29) is 30.3 Å². The highest BCUT2D eigenvalue weighted by Crippen LogP contribution is 2.33. The second-order valence-electron chi connectivity index (χ2n) is 8.22. The summed E-state index contributed by atoms with van der Waals surface area (Å²) < 4.78 is 5.43. The van der Waals surface area contributed by atoms with Crippen molar-refractivity contribution in [3.8, 4) is 5.75 Å². The molecule has 1 aliphatic heterocycles. The Balaban J connectivity index is 1.52. The number of urea groups is 1. The summed E-state index contributed by atoms with van der Waals surface area (Å²) in [5, 5.41) is 2.85. The molecule has 2 fully saturated rings. The molecule has 1 heterocycles. The maximum Gasteiger partial charge on any atom is 0.332 e. The highest BCUT2D eigenvalue weighted by Gasteiger charge is 2.49. The summed E-state index contributed by atoms with van der Waals surface area (Å²) >= 11 is 0. The van der Waals surface area contributed by atoms with Crippen LogP contribution in [-0.4, -0.2) is 41.4 Å². The molecule has 2 aliphatic rings. The fourth-order valence-electron chi connectivity index (χ4n) is 4.57. The van der Waals surface area contributed by atoms with Gasteiger partial charge in [0.05, 0.1) is 18.7 Å². The van der Waals surface area contributed by atoms with E-state index in [0.717, 1.165) is 37.9 Å². The number of carbonyl (C=O) groups excluding carboxylic acids is 3. The van der Waals surface area contributed by atoms with Gasteiger partial charge in [-0.2, -0.15) is 0 Å². The number of nitrogens with one attached hydrogen (secondary N) is 1. The van der Waals surface area contributed by atoms with Crippen molar-refractivity contribution in [3.05, 3.63) is 54.6 Å². The Labute approximate surface area is 188 Å². The van der Waals surface area contributed by atoms with Crippen LogP contribution in [0.15, 0.2) is 54.6 Å². The highest BCUT2D eigenvalue weighted by atomic mass is 16.5. The molecule has 2 aromatic carbocycles. The number of anilines is 2. The molecule has 0 radical (unpaired) electrons. The summed E-state index contributed by atoms with van der Waals surface area (Å²) in [5.74, 6) is 0.0914. The van der Waals surface area contributed by atoms with Crippen molar-refractivity contribution >= 4 is 29.2 Å². The largest absolute Gasteiger partial charge is 0.494 e. The molecular weight excluding hydrogens is 406 g/mol. The molecular formula is C25H29N3O4. The van der Waals surface area contributed by atoms with Crippen molar-refractivity contribution < 1.29 is 19.1 Å². The average molecular weight is 436 g/mol. The van der Waals surface area contributed by atoms with Crippen molar-refractivity contribution in [2.75, 3.05) is 16.8 Å².